The molecule has 2 rings (SSSR count). The van der Waals surface area contributed by atoms with E-state index in [0.717, 1.165) is 17.7 Å². The second-order valence-electron chi connectivity index (χ2n) is 5.33. The van der Waals surface area contributed by atoms with Crippen molar-refractivity contribution in [3.8, 4) is 0 Å². The van der Waals surface area contributed by atoms with Crippen molar-refractivity contribution in [3.05, 3.63) is 69.5 Å². The Morgan fingerprint density at radius 3 is 2.44 bits per heavy atom. The molecule has 0 aliphatic carbocycles. The monoisotopic (exact) mass is 346 g/mol. The van der Waals surface area contributed by atoms with Gasteiger partial charge in [0.2, 0.25) is 5.82 Å². The van der Waals surface area contributed by atoms with E-state index in [4.69, 9.17) is 4.74 Å². The highest BCUT2D eigenvalue weighted by atomic mass is 19.1. The minimum atomic E-state index is -1.14. The predicted octanol–water partition coefficient (Wildman–Crippen LogP) is 3.23. The van der Waals surface area contributed by atoms with Crippen molar-refractivity contribution in [2.45, 2.75) is 20.0 Å². The van der Waals surface area contributed by atoms with Gasteiger partial charge in [-0.3, -0.25) is 14.9 Å². The number of esters is 1. The van der Waals surface area contributed by atoms with Crippen molar-refractivity contribution >= 4 is 23.3 Å². The van der Waals surface area contributed by atoms with Crippen LogP contribution in [-0.2, 0) is 9.53 Å². The molecule has 0 aromatic heterocycles. The number of halogens is 1. The lowest BCUT2D eigenvalue weighted by molar-refractivity contribution is -0.387. The maximum absolute atomic E-state index is 13.3. The number of nitrogens with one attached hydrogen (secondary N) is 1. The molecule has 0 heterocycles. The van der Waals surface area contributed by atoms with Gasteiger partial charge < -0.3 is 10.1 Å². The molecule has 0 radical (unpaired) electrons. The number of ether oxygens (including phenoxy) is 1. The molecule has 0 saturated heterocycles. The average Bonchev–Trinajstić information content (AvgIpc) is 2.56. The quantitative estimate of drug-likeness (QED) is 0.509. The van der Waals surface area contributed by atoms with Crippen LogP contribution in [0.25, 0.3) is 0 Å². The first-order valence-electron chi connectivity index (χ1n) is 7.30. The van der Waals surface area contributed by atoms with Crippen molar-refractivity contribution in [1.29, 1.82) is 0 Å². The van der Waals surface area contributed by atoms with Crippen LogP contribution in [0.2, 0.25) is 0 Å². The van der Waals surface area contributed by atoms with Crippen LogP contribution in [0.5, 0.6) is 0 Å². The topological polar surface area (TPSA) is 98.5 Å². The van der Waals surface area contributed by atoms with Crippen LogP contribution in [-0.4, -0.2) is 22.9 Å². The van der Waals surface area contributed by atoms with E-state index in [1.165, 1.54) is 13.0 Å². The molecule has 25 heavy (non-hydrogen) atoms. The van der Waals surface area contributed by atoms with Gasteiger partial charge in [0, 0.05) is 11.8 Å². The molecule has 8 heteroatoms. The van der Waals surface area contributed by atoms with E-state index in [1.54, 1.807) is 24.3 Å². The Labute approximate surface area is 142 Å². The maximum Gasteiger partial charge on any atom is 0.338 e. The summed E-state index contributed by atoms with van der Waals surface area (Å²) in [5.74, 6) is -2.38. The van der Waals surface area contributed by atoms with Gasteiger partial charge in [-0.1, -0.05) is 17.7 Å². The van der Waals surface area contributed by atoms with Crippen LogP contribution in [0, 0.1) is 22.9 Å². The van der Waals surface area contributed by atoms with E-state index >= 15 is 0 Å². The molecule has 2 aromatic carbocycles. The largest absolute Gasteiger partial charge is 0.449 e. The number of carbonyl (C=O) groups is 2. The summed E-state index contributed by atoms with van der Waals surface area (Å²) in [5.41, 5.74) is 0.529. The Bertz CT molecular complexity index is 820. The zero-order valence-corrected chi connectivity index (χ0v) is 13.5. The van der Waals surface area contributed by atoms with E-state index in [2.05, 4.69) is 5.32 Å². The van der Waals surface area contributed by atoms with E-state index < -0.39 is 34.4 Å². The molecule has 7 nitrogen and oxygen atoms in total. The summed E-state index contributed by atoms with van der Waals surface area (Å²) in [7, 11) is 0. The van der Waals surface area contributed by atoms with Crippen LogP contribution in [0.1, 0.15) is 22.8 Å². The molecule has 130 valence electrons. The summed E-state index contributed by atoms with van der Waals surface area (Å²) in [6.07, 6.45) is -1.14. The minimum absolute atomic E-state index is 0.0244. The molecule has 1 atom stereocenters. The Kier molecular flexibility index (Phi) is 5.43. The van der Waals surface area contributed by atoms with Gasteiger partial charge in [0.1, 0.15) is 0 Å². The highest BCUT2D eigenvalue weighted by Crippen LogP contribution is 2.21. The zero-order valence-electron chi connectivity index (χ0n) is 13.5. The van der Waals surface area contributed by atoms with Crippen molar-refractivity contribution in [2.24, 2.45) is 0 Å². The molecule has 2 aromatic rings. The number of carbonyl (C=O) groups excluding carboxylic acids is 2. The van der Waals surface area contributed by atoms with Crippen molar-refractivity contribution in [2.75, 3.05) is 5.32 Å². The van der Waals surface area contributed by atoms with Crippen LogP contribution in [0.15, 0.2) is 42.5 Å². The number of amides is 1. The summed E-state index contributed by atoms with van der Waals surface area (Å²) >= 11 is 0. The lowest BCUT2D eigenvalue weighted by Crippen LogP contribution is -2.30. The fourth-order valence-electron chi connectivity index (χ4n) is 1.95. The predicted molar refractivity (Wildman–Crippen MR) is 87.7 cm³/mol. The highest BCUT2D eigenvalue weighted by Gasteiger charge is 2.21. The Morgan fingerprint density at radius 2 is 1.84 bits per heavy atom. The molecular formula is C17H15FN2O5. The lowest BCUT2D eigenvalue weighted by Gasteiger charge is -2.13. The summed E-state index contributed by atoms with van der Waals surface area (Å²) in [5, 5.41) is 13.0. The number of nitro benzene ring substituents is 1. The molecule has 0 aliphatic heterocycles. The molecule has 1 N–H and O–H groups in total. The van der Waals surface area contributed by atoms with E-state index in [1.807, 2.05) is 6.92 Å². The second kappa shape index (κ2) is 7.52. The standard InChI is InChI=1S/C17H15FN2O5/c1-10-3-5-12(6-4-10)17(22)25-11(2)16(21)19-13-7-8-14(18)15(9-13)20(23)24/h3-9,11H,1-2H3,(H,19,21)/t11-/m1/s1. The Balaban J connectivity index is 2.03. The van der Waals surface area contributed by atoms with E-state index in [0.29, 0.717) is 5.56 Å². The Morgan fingerprint density at radius 1 is 1.20 bits per heavy atom. The van der Waals surface area contributed by atoms with Gasteiger partial charge >= 0.3 is 11.7 Å². The van der Waals surface area contributed by atoms with Gasteiger partial charge in [-0.15, -0.1) is 0 Å². The van der Waals surface area contributed by atoms with Crippen LogP contribution < -0.4 is 5.32 Å². The number of aryl methyl sites for hydroxylation is 1. The third kappa shape index (κ3) is 4.60. The van der Waals surface area contributed by atoms with Crippen LogP contribution >= 0.6 is 0 Å². The molecular weight excluding hydrogens is 331 g/mol. The zero-order chi connectivity index (χ0) is 18.6. The van der Waals surface area contributed by atoms with Crippen molar-refractivity contribution in [1.82, 2.24) is 0 Å². The third-order valence-corrected chi connectivity index (χ3v) is 3.35. The van der Waals surface area contributed by atoms with Gasteiger partial charge in [0.05, 0.1) is 10.5 Å². The summed E-state index contributed by atoms with van der Waals surface area (Å²) < 4.78 is 18.3. The number of hydrogen-bond acceptors (Lipinski definition) is 5. The van der Waals surface area contributed by atoms with Gasteiger partial charge in [-0.2, -0.15) is 4.39 Å². The lowest BCUT2D eigenvalue weighted by atomic mass is 10.1. The number of nitro groups is 1. The number of rotatable bonds is 5. The summed E-state index contributed by atoms with van der Waals surface area (Å²) in [6.45, 7) is 3.23. The smallest absolute Gasteiger partial charge is 0.338 e. The van der Waals surface area contributed by atoms with Gasteiger partial charge in [-0.25, -0.2) is 4.79 Å². The molecule has 0 saturated carbocycles. The van der Waals surface area contributed by atoms with Gasteiger partial charge in [0.25, 0.3) is 5.91 Å². The molecule has 0 bridgehead atoms. The van der Waals surface area contributed by atoms with Gasteiger partial charge in [0.15, 0.2) is 6.10 Å². The highest BCUT2D eigenvalue weighted by molar-refractivity contribution is 5.97. The second-order valence-corrected chi connectivity index (χ2v) is 5.33. The molecule has 0 spiro atoms. The first kappa shape index (κ1) is 18.1. The Hall–Kier alpha value is -3.29. The van der Waals surface area contributed by atoms with E-state index in [-0.39, 0.29) is 5.69 Å². The number of nitrogens with zero attached hydrogens (tertiary/aromatic N) is 1. The first-order chi connectivity index (χ1) is 11.8. The van der Waals surface area contributed by atoms with Crippen molar-refractivity contribution < 1.29 is 23.6 Å². The fraction of sp³-hybridized carbons (Fsp3) is 0.176. The summed E-state index contributed by atoms with van der Waals surface area (Å²) in [6, 6.07) is 9.56. The maximum atomic E-state index is 13.3. The summed E-state index contributed by atoms with van der Waals surface area (Å²) in [4.78, 5) is 33.8. The van der Waals surface area contributed by atoms with Crippen molar-refractivity contribution in [3.63, 3.8) is 0 Å². The normalized spacial score (nSPS) is 11.5. The molecule has 0 fully saturated rings. The van der Waals surface area contributed by atoms with E-state index in [9.17, 15) is 24.1 Å². The molecule has 0 aliphatic rings. The SMILES string of the molecule is Cc1ccc(C(=O)O[C@H](C)C(=O)Nc2ccc(F)c([N+](=O)[O-])c2)cc1. The number of benzene rings is 2. The minimum Gasteiger partial charge on any atom is -0.449 e. The first-order valence-corrected chi connectivity index (χ1v) is 7.30. The molecule has 0 unspecified atom stereocenters. The third-order valence-electron chi connectivity index (χ3n) is 3.35. The number of anilines is 1. The molecule has 1 amide bonds. The van der Waals surface area contributed by atoms with Crippen LogP contribution in [0.4, 0.5) is 15.8 Å². The fourth-order valence-corrected chi connectivity index (χ4v) is 1.95. The number of hydrogen-bond donors (Lipinski definition) is 1. The average molecular weight is 346 g/mol. The van der Waals surface area contributed by atoms with Crippen LogP contribution in [0.3, 0.4) is 0 Å². The van der Waals surface area contributed by atoms with Gasteiger partial charge in [-0.05, 0) is 38.1 Å².